The summed E-state index contributed by atoms with van der Waals surface area (Å²) in [6.45, 7) is 12.2. The van der Waals surface area contributed by atoms with E-state index < -0.39 is 0 Å². The molecule has 23 heavy (non-hydrogen) atoms. The van der Waals surface area contributed by atoms with Gasteiger partial charge in [0.15, 0.2) is 0 Å². The van der Waals surface area contributed by atoms with E-state index in [1.165, 1.54) is 47.0 Å². The Bertz CT molecular complexity index is 758. The normalized spacial score (nSPS) is 24.6. The summed E-state index contributed by atoms with van der Waals surface area (Å²) in [7, 11) is 0. The van der Waals surface area contributed by atoms with Crippen LogP contribution in [0, 0.1) is 5.92 Å². The number of halogens is 1. The minimum Gasteiger partial charge on any atom is -1.00 e. The summed E-state index contributed by atoms with van der Waals surface area (Å²) in [5, 5.41) is 2.80. The average molecular weight is 372 g/mol. The second kappa shape index (κ2) is 6.07. The smallest absolute Gasteiger partial charge is 0.101 e. The van der Waals surface area contributed by atoms with Gasteiger partial charge in [-0.15, -0.1) is 0 Å². The molecule has 0 spiro atoms. The topological polar surface area (TPSA) is 0 Å². The zero-order valence-corrected chi connectivity index (χ0v) is 15.9. The van der Waals surface area contributed by atoms with Gasteiger partial charge in [0, 0.05) is 5.92 Å². The van der Waals surface area contributed by atoms with E-state index >= 15 is 0 Å². The van der Waals surface area contributed by atoms with Crippen molar-refractivity contribution >= 4 is 16.8 Å². The second-order valence-electron chi connectivity index (χ2n) is 7.22. The van der Waals surface area contributed by atoms with Gasteiger partial charge in [0.2, 0.25) is 0 Å². The lowest BCUT2D eigenvalue weighted by Crippen LogP contribution is -3.00. The van der Waals surface area contributed by atoms with Crippen molar-refractivity contribution in [1.29, 1.82) is 0 Å². The van der Waals surface area contributed by atoms with Crippen LogP contribution in [0.3, 0.4) is 0 Å². The minimum absolute atomic E-state index is 0. The highest BCUT2D eigenvalue weighted by Crippen LogP contribution is 2.46. The van der Waals surface area contributed by atoms with Crippen molar-refractivity contribution in [1.82, 2.24) is 0 Å². The van der Waals surface area contributed by atoms with Crippen molar-refractivity contribution in [2.45, 2.75) is 26.7 Å². The number of likely N-dealkylation sites (N-methyl/N-ethyl adjacent to an activating group) is 1. The molecule has 1 heterocycles. The van der Waals surface area contributed by atoms with Gasteiger partial charge in [0.25, 0.3) is 0 Å². The summed E-state index contributed by atoms with van der Waals surface area (Å²) in [4.78, 5) is 0. The number of nitrogens with zero attached hydrogens (tertiary/aromatic N) is 1. The molecule has 1 aliphatic heterocycles. The molecular formula is C21H26BrN. The van der Waals surface area contributed by atoms with Crippen molar-refractivity contribution < 1.29 is 21.5 Å². The van der Waals surface area contributed by atoms with Crippen molar-refractivity contribution in [3.63, 3.8) is 0 Å². The zero-order valence-electron chi connectivity index (χ0n) is 14.3. The Balaban J connectivity index is 0.00000156. The molecule has 122 valence electrons. The van der Waals surface area contributed by atoms with Gasteiger partial charge >= 0.3 is 0 Å². The fraction of sp³-hybridized carbons (Fsp3) is 0.429. The van der Waals surface area contributed by atoms with Crippen molar-refractivity contribution in [3.05, 3.63) is 53.1 Å². The molecule has 0 saturated carbocycles. The molecule has 0 N–H and O–H groups in total. The van der Waals surface area contributed by atoms with Gasteiger partial charge in [0.05, 0.1) is 19.6 Å². The third-order valence-corrected chi connectivity index (χ3v) is 6.35. The Morgan fingerprint density at radius 1 is 1.04 bits per heavy atom. The molecule has 2 aromatic rings. The maximum Gasteiger partial charge on any atom is 0.101 e. The summed E-state index contributed by atoms with van der Waals surface area (Å²) in [6.07, 6.45) is 2.54. The lowest BCUT2D eigenvalue weighted by Gasteiger charge is -2.32. The summed E-state index contributed by atoms with van der Waals surface area (Å²) < 4.78 is 1.27. The van der Waals surface area contributed by atoms with Crippen LogP contribution in [0.15, 0.2) is 42.0 Å². The fourth-order valence-electron chi connectivity index (χ4n) is 4.71. The summed E-state index contributed by atoms with van der Waals surface area (Å²) in [6, 6.07) is 13.5. The first kappa shape index (κ1) is 16.7. The Morgan fingerprint density at radius 2 is 1.78 bits per heavy atom. The standard InChI is InChI=1S/C21H26N.BrH/c1-4-22(5-2)13-17-12-20-18(15(3)21(17)14-22)11-10-16-8-6-7-9-19(16)20;/h6-12,15,21H,4-5,13-14H2,1-3H3;1H/q+1;/p-1. The number of fused-ring (bicyclic) bond motifs is 4. The van der Waals surface area contributed by atoms with Crippen LogP contribution in [0.5, 0.6) is 0 Å². The fourth-order valence-corrected chi connectivity index (χ4v) is 4.71. The van der Waals surface area contributed by atoms with E-state index in [4.69, 9.17) is 0 Å². The first-order valence-electron chi connectivity index (χ1n) is 8.74. The van der Waals surface area contributed by atoms with Crippen LogP contribution in [0.2, 0.25) is 0 Å². The molecule has 0 aromatic heterocycles. The third-order valence-electron chi connectivity index (χ3n) is 6.35. The van der Waals surface area contributed by atoms with Crippen molar-refractivity contribution in [2.24, 2.45) is 5.92 Å². The van der Waals surface area contributed by atoms with Crippen LogP contribution in [0.1, 0.15) is 37.8 Å². The van der Waals surface area contributed by atoms with Crippen LogP contribution < -0.4 is 17.0 Å². The average Bonchev–Trinajstić information content (AvgIpc) is 2.95. The molecule has 2 aromatic carbocycles. The summed E-state index contributed by atoms with van der Waals surface area (Å²) >= 11 is 0. The van der Waals surface area contributed by atoms with E-state index in [-0.39, 0.29) is 17.0 Å². The molecule has 2 aliphatic rings. The lowest BCUT2D eigenvalue weighted by molar-refractivity contribution is -0.912. The number of likely N-dealkylation sites (tertiary alicyclic amines) is 1. The van der Waals surface area contributed by atoms with Gasteiger partial charge in [-0.2, -0.15) is 0 Å². The molecule has 1 aliphatic carbocycles. The van der Waals surface area contributed by atoms with Crippen LogP contribution >= 0.6 is 0 Å². The number of benzene rings is 2. The van der Waals surface area contributed by atoms with Crippen LogP contribution in [-0.4, -0.2) is 30.7 Å². The van der Waals surface area contributed by atoms with Crippen LogP contribution in [-0.2, 0) is 0 Å². The predicted octanol–water partition coefficient (Wildman–Crippen LogP) is 1.83. The minimum atomic E-state index is 0. The van der Waals surface area contributed by atoms with E-state index in [9.17, 15) is 0 Å². The molecule has 0 bridgehead atoms. The van der Waals surface area contributed by atoms with Gasteiger partial charge in [0.1, 0.15) is 6.54 Å². The van der Waals surface area contributed by atoms with E-state index in [0.29, 0.717) is 5.92 Å². The first-order valence-corrected chi connectivity index (χ1v) is 8.74. The first-order chi connectivity index (χ1) is 10.7. The van der Waals surface area contributed by atoms with Crippen molar-refractivity contribution in [2.75, 3.05) is 26.2 Å². The highest BCUT2D eigenvalue weighted by molar-refractivity contribution is 5.93. The second-order valence-corrected chi connectivity index (χ2v) is 7.22. The molecule has 2 heteroatoms. The largest absolute Gasteiger partial charge is 1.00 e. The number of hydrogen-bond acceptors (Lipinski definition) is 0. The van der Waals surface area contributed by atoms with E-state index in [2.05, 4.69) is 63.2 Å². The highest BCUT2D eigenvalue weighted by Gasteiger charge is 2.44. The van der Waals surface area contributed by atoms with Gasteiger partial charge < -0.3 is 21.5 Å². The van der Waals surface area contributed by atoms with Crippen LogP contribution in [0.25, 0.3) is 16.8 Å². The summed E-state index contributed by atoms with van der Waals surface area (Å²) in [5.41, 5.74) is 4.74. The Kier molecular flexibility index (Phi) is 4.41. The molecule has 4 rings (SSSR count). The summed E-state index contributed by atoms with van der Waals surface area (Å²) in [5.74, 6) is 1.39. The molecule has 2 unspecified atom stereocenters. The molecule has 0 amide bonds. The molecular weight excluding hydrogens is 346 g/mol. The van der Waals surface area contributed by atoms with Crippen LogP contribution in [0.4, 0.5) is 0 Å². The molecule has 0 radical (unpaired) electrons. The molecule has 1 saturated heterocycles. The molecule has 1 nitrogen and oxygen atoms in total. The number of rotatable bonds is 2. The predicted molar refractivity (Wildman–Crippen MR) is 94.9 cm³/mol. The van der Waals surface area contributed by atoms with E-state index in [0.717, 1.165) is 5.92 Å². The Hall–Kier alpha value is -1.12. The highest BCUT2D eigenvalue weighted by atomic mass is 79.9. The van der Waals surface area contributed by atoms with Gasteiger partial charge in [-0.25, -0.2) is 0 Å². The maximum atomic E-state index is 2.54. The lowest BCUT2D eigenvalue weighted by atomic mass is 9.76. The maximum absolute atomic E-state index is 2.54. The Morgan fingerprint density at radius 3 is 2.52 bits per heavy atom. The van der Waals surface area contributed by atoms with E-state index in [1.807, 2.05) is 0 Å². The van der Waals surface area contributed by atoms with Gasteiger partial charge in [-0.3, -0.25) is 0 Å². The van der Waals surface area contributed by atoms with Crippen molar-refractivity contribution in [3.8, 4) is 0 Å². The molecule has 1 fully saturated rings. The Labute approximate surface area is 150 Å². The van der Waals surface area contributed by atoms with Gasteiger partial charge in [-0.1, -0.05) is 43.3 Å². The number of quaternary nitrogens is 1. The monoisotopic (exact) mass is 371 g/mol. The third kappa shape index (κ3) is 2.47. The quantitative estimate of drug-likeness (QED) is 0.706. The molecule has 2 atom stereocenters. The van der Waals surface area contributed by atoms with E-state index in [1.54, 1.807) is 11.1 Å². The SMILES string of the molecule is CC[N+]1(CC)CC2=Cc3c(ccc4ccccc34)C(C)C2C1.[Br-]. The zero-order chi connectivity index (χ0) is 15.3. The number of hydrogen-bond donors (Lipinski definition) is 0. The van der Waals surface area contributed by atoms with Gasteiger partial charge in [-0.05, 0) is 53.3 Å².